The molecule has 4 aromatic heterocycles. The summed E-state index contributed by atoms with van der Waals surface area (Å²) in [6.45, 7) is 9.23. The highest BCUT2D eigenvalue weighted by molar-refractivity contribution is 7.14. The smallest absolute Gasteiger partial charge is 0.0548 e. The minimum absolute atomic E-state index is 0.285. The number of unbranched alkanes of at least 4 members (excludes halogenated alkanes) is 2. The van der Waals surface area contributed by atoms with Gasteiger partial charge in [-0.3, -0.25) is 0 Å². The van der Waals surface area contributed by atoms with E-state index in [9.17, 15) is 0 Å². The highest BCUT2D eigenvalue weighted by Gasteiger charge is 2.38. The molecule has 0 amide bonds. The maximum Gasteiger partial charge on any atom is 0.0548 e. The van der Waals surface area contributed by atoms with Gasteiger partial charge in [-0.2, -0.15) is 0 Å². The monoisotopic (exact) mass is 648 g/mol. The van der Waals surface area contributed by atoms with E-state index in [1.165, 1.54) is 91.8 Å². The Morgan fingerprint density at radius 3 is 1.48 bits per heavy atom. The number of hydrogen-bond acceptors (Lipinski definition) is 4. The van der Waals surface area contributed by atoms with Gasteiger partial charge in [-0.15, -0.1) is 45.3 Å². The number of hydrogen-bond donors (Lipinski definition) is 0. The second kappa shape index (κ2) is 14.2. The molecule has 0 bridgehead atoms. The van der Waals surface area contributed by atoms with Crippen LogP contribution in [0.3, 0.4) is 0 Å². The Morgan fingerprint density at radius 2 is 1.10 bits per heavy atom. The molecule has 0 saturated heterocycles. The van der Waals surface area contributed by atoms with E-state index in [1.807, 2.05) is 45.3 Å². The maximum atomic E-state index is 6.93. The van der Waals surface area contributed by atoms with Gasteiger partial charge in [-0.05, 0) is 70.8 Å². The molecule has 4 unspecified atom stereocenters. The van der Waals surface area contributed by atoms with Crippen LogP contribution >= 0.6 is 68.5 Å². The Balaban J connectivity index is 1.46. The molecule has 216 valence electrons. The Morgan fingerprint density at radius 1 is 0.675 bits per heavy atom. The highest BCUT2D eigenvalue weighted by Crippen LogP contribution is 2.55. The number of fused-ring (bicyclic) bond motifs is 2. The molecule has 1 aliphatic rings. The van der Waals surface area contributed by atoms with Gasteiger partial charge in [0.2, 0.25) is 0 Å². The second-order valence-electron chi connectivity index (χ2n) is 11.4. The van der Waals surface area contributed by atoms with Gasteiger partial charge < -0.3 is 0 Å². The summed E-state index contributed by atoms with van der Waals surface area (Å²) in [5.41, 5.74) is 2.93. The molecular formula is C34H42Cl2S4. The minimum Gasteiger partial charge on any atom is -0.148 e. The second-order valence-corrected chi connectivity index (χ2v) is 16.5. The lowest BCUT2D eigenvalue weighted by Crippen LogP contribution is -2.14. The van der Waals surface area contributed by atoms with Crippen molar-refractivity contribution in [2.45, 2.75) is 104 Å². The Kier molecular flexibility index (Phi) is 11.0. The van der Waals surface area contributed by atoms with Crippen molar-refractivity contribution in [3.8, 4) is 0 Å². The molecule has 4 atom stereocenters. The molecule has 6 heteroatoms. The van der Waals surface area contributed by atoms with Crippen molar-refractivity contribution in [3.63, 3.8) is 0 Å². The molecule has 1 aliphatic carbocycles. The van der Waals surface area contributed by atoms with Gasteiger partial charge >= 0.3 is 0 Å². The third kappa shape index (κ3) is 6.48. The van der Waals surface area contributed by atoms with Crippen LogP contribution in [0.25, 0.3) is 0 Å². The molecule has 0 aliphatic heterocycles. The number of halogens is 2. The van der Waals surface area contributed by atoms with Crippen molar-refractivity contribution in [3.05, 3.63) is 85.5 Å². The summed E-state index contributed by atoms with van der Waals surface area (Å²) in [6, 6.07) is 9.31. The van der Waals surface area contributed by atoms with Gasteiger partial charge in [0, 0.05) is 29.3 Å². The first-order valence-corrected chi connectivity index (χ1v) is 19.3. The minimum atomic E-state index is 0.285. The zero-order chi connectivity index (χ0) is 28.2. The fourth-order valence-corrected chi connectivity index (χ4v) is 11.9. The Hall–Kier alpha value is -0.620. The largest absolute Gasteiger partial charge is 0.148 e. The first-order chi connectivity index (χ1) is 19.5. The van der Waals surface area contributed by atoms with Crippen LogP contribution in [-0.4, -0.2) is 0 Å². The van der Waals surface area contributed by atoms with Crippen LogP contribution < -0.4 is 0 Å². The molecular weight excluding hydrogens is 608 g/mol. The summed E-state index contributed by atoms with van der Waals surface area (Å²) in [4.78, 5) is 8.52. The van der Waals surface area contributed by atoms with Crippen molar-refractivity contribution < 1.29 is 0 Å². The van der Waals surface area contributed by atoms with E-state index in [0.717, 1.165) is 34.7 Å². The van der Waals surface area contributed by atoms with Crippen molar-refractivity contribution in [2.75, 3.05) is 0 Å². The number of thiophene rings is 4. The van der Waals surface area contributed by atoms with Crippen LogP contribution in [-0.2, 0) is 12.8 Å². The van der Waals surface area contributed by atoms with E-state index in [0.29, 0.717) is 0 Å². The van der Waals surface area contributed by atoms with Crippen molar-refractivity contribution in [2.24, 2.45) is 11.8 Å². The fraction of sp³-hybridized carbons (Fsp3) is 0.529. The third-order valence-electron chi connectivity index (χ3n) is 8.76. The first kappa shape index (κ1) is 30.8. The van der Waals surface area contributed by atoms with Gasteiger partial charge in [0.1, 0.15) is 0 Å². The van der Waals surface area contributed by atoms with Gasteiger partial charge in [-0.25, -0.2) is 0 Å². The van der Waals surface area contributed by atoms with Crippen molar-refractivity contribution in [1.82, 2.24) is 0 Å². The number of rotatable bonds is 14. The summed E-state index contributed by atoms with van der Waals surface area (Å²) in [6.07, 6.45) is 12.4. The van der Waals surface area contributed by atoms with E-state index >= 15 is 0 Å². The Labute approximate surface area is 267 Å². The van der Waals surface area contributed by atoms with E-state index in [2.05, 4.69) is 62.7 Å². The van der Waals surface area contributed by atoms with E-state index in [4.69, 9.17) is 23.2 Å². The molecule has 4 aromatic rings. The summed E-state index contributed by atoms with van der Waals surface area (Å²) >= 11 is 21.6. The SMILES string of the molecule is CCCCC(CC)Cc1sc(C2c3ccsc3C(c3cc(Cl)c(CC(CC)CCCC)s3)c3ccsc32)cc1Cl. The van der Waals surface area contributed by atoms with E-state index in [1.54, 1.807) is 0 Å². The maximum absolute atomic E-state index is 6.93. The van der Waals surface area contributed by atoms with Crippen LogP contribution in [0.2, 0.25) is 10.0 Å². The summed E-state index contributed by atoms with van der Waals surface area (Å²) in [5, 5.41) is 6.53. The molecule has 0 fully saturated rings. The lowest BCUT2D eigenvalue weighted by molar-refractivity contribution is 0.452. The lowest BCUT2D eigenvalue weighted by atomic mass is 9.80. The molecule has 0 aromatic carbocycles. The average Bonchev–Trinajstić information content (AvgIpc) is 3.75. The standard InChI is InChI=1S/C34H42Cl2S4/c1-5-9-11-21(7-3)17-27-25(35)19-29(39-27)31-23-13-15-38-34(23)32(24-14-16-37-33(24)31)30-20-26(36)28(40-30)18-22(8-4)12-10-6-2/h13-16,19-22,31-32H,5-12,17-18H2,1-4H3. The predicted octanol–water partition coefficient (Wildman–Crippen LogP) is 13.4. The van der Waals surface area contributed by atoms with Crippen molar-refractivity contribution in [1.29, 1.82) is 0 Å². The van der Waals surface area contributed by atoms with Crippen molar-refractivity contribution >= 4 is 68.5 Å². The van der Waals surface area contributed by atoms with Gasteiger partial charge in [-0.1, -0.05) is 102 Å². The van der Waals surface area contributed by atoms with Gasteiger partial charge in [0.25, 0.3) is 0 Å². The Bertz CT molecular complexity index is 1230. The molecule has 0 radical (unpaired) electrons. The van der Waals surface area contributed by atoms with Crippen LogP contribution in [0.1, 0.15) is 131 Å². The molecule has 4 heterocycles. The summed E-state index contributed by atoms with van der Waals surface area (Å²) < 4.78 is 0. The van der Waals surface area contributed by atoms with Crippen LogP contribution in [0.15, 0.2) is 35.0 Å². The third-order valence-corrected chi connectivity index (χ3v) is 14.1. The molecule has 0 nitrogen and oxygen atoms in total. The predicted molar refractivity (Wildman–Crippen MR) is 183 cm³/mol. The van der Waals surface area contributed by atoms with Crippen LogP contribution in [0.5, 0.6) is 0 Å². The van der Waals surface area contributed by atoms with Crippen LogP contribution in [0, 0.1) is 11.8 Å². The average molecular weight is 650 g/mol. The highest BCUT2D eigenvalue weighted by atomic mass is 35.5. The lowest BCUT2D eigenvalue weighted by Gasteiger charge is -2.28. The summed E-state index contributed by atoms with van der Waals surface area (Å²) in [5.74, 6) is 2.02. The first-order valence-electron chi connectivity index (χ1n) is 15.2. The fourth-order valence-electron chi connectivity index (χ4n) is 6.28. The van der Waals surface area contributed by atoms with Gasteiger partial charge in [0.15, 0.2) is 0 Å². The van der Waals surface area contributed by atoms with Gasteiger partial charge in [0.05, 0.1) is 21.9 Å². The van der Waals surface area contributed by atoms with E-state index < -0.39 is 0 Å². The molecule has 0 N–H and O–H groups in total. The normalized spacial score (nSPS) is 18.1. The molecule has 0 spiro atoms. The molecule has 5 rings (SSSR count). The van der Waals surface area contributed by atoms with E-state index in [-0.39, 0.29) is 11.8 Å². The molecule has 40 heavy (non-hydrogen) atoms. The zero-order valence-electron chi connectivity index (χ0n) is 24.2. The van der Waals surface area contributed by atoms with Crippen LogP contribution in [0.4, 0.5) is 0 Å². The quantitative estimate of drug-likeness (QED) is 0.112. The zero-order valence-corrected chi connectivity index (χ0v) is 29.0. The topological polar surface area (TPSA) is 0 Å². The summed E-state index contributed by atoms with van der Waals surface area (Å²) in [7, 11) is 0. The molecule has 0 saturated carbocycles.